The van der Waals surface area contributed by atoms with Gasteiger partial charge in [0, 0.05) is 37.1 Å². The first-order valence-corrected chi connectivity index (χ1v) is 11.3. The van der Waals surface area contributed by atoms with Gasteiger partial charge in [0.2, 0.25) is 5.82 Å². The van der Waals surface area contributed by atoms with Gasteiger partial charge in [-0.25, -0.2) is 9.97 Å². The second-order valence-electron chi connectivity index (χ2n) is 8.35. The summed E-state index contributed by atoms with van der Waals surface area (Å²) in [4.78, 5) is 15.1. The number of benzene rings is 1. The number of aliphatic hydroxyl groups excluding tert-OH is 1. The summed E-state index contributed by atoms with van der Waals surface area (Å²) >= 11 is 0. The smallest absolute Gasteiger partial charge is 0.204 e. The maximum Gasteiger partial charge on any atom is 0.204 e. The molecule has 0 spiro atoms. The Bertz CT molecular complexity index is 1080. The average molecular weight is 431 g/mol. The van der Waals surface area contributed by atoms with Crippen LogP contribution in [0.3, 0.4) is 0 Å². The van der Waals surface area contributed by atoms with Crippen LogP contribution in [0.2, 0.25) is 0 Å². The highest BCUT2D eigenvalue weighted by molar-refractivity contribution is 5.83. The number of hydrogen-bond acceptors (Lipinski definition) is 6. The number of aromatic nitrogens is 3. The lowest BCUT2D eigenvalue weighted by Gasteiger charge is -2.37. The number of piperidine rings is 1. The molecule has 2 aromatic heterocycles. The minimum Gasteiger partial charge on any atom is -0.497 e. The van der Waals surface area contributed by atoms with Gasteiger partial charge >= 0.3 is 0 Å². The van der Waals surface area contributed by atoms with E-state index < -0.39 is 0 Å². The highest BCUT2D eigenvalue weighted by atomic mass is 16.5. The van der Waals surface area contributed by atoms with Gasteiger partial charge in [-0.2, -0.15) is 0 Å². The van der Waals surface area contributed by atoms with E-state index in [0.29, 0.717) is 24.2 Å². The molecular weight excluding hydrogens is 400 g/mol. The number of hydrogen-bond donors (Lipinski definition) is 1. The number of nitrogens with zero attached hydrogens (tertiary/aromatic N) is 4. The maximum absolute atomic E-state index is 9.99. The molecule has 1 aromatic carbocycles. The molecule has 0 unspecified atom stereocenters. The van der Waals surface area contributed by atoms with Crippen LogP contribution in [0.1, 0.15) is 30.7 Å². The quantitative estimate of drug-likeness (QED) is 0.580. The van der Waals surface area contributed by atoms with E-state index in [1.54, 1.807) is 25.6 Å². The van der Waals surface area contributed by atoms with Crippen molar-refractivity contribution in [2.45, 2.75) is 25.7 Å². The van der Waals surface area contributed by atoms with Crippen molar-refractivity contribution in [2.24, 2.45) is 11.8 Å². The van der Waals surface area contributed by atoms with E-state index >= 15 is 0 Å². The molecule has 32 heavy (non-hydrogen) atoms. The van der Waals surface area contributed by atoms with Gasteiger partial charge in [0.05, 0.1) is 19.2 Å². The van der Waals surface area contributed by atoms with Crippen LogP contribution in [-0.4, -0.2) is 58.3 Å². The lowest BCUT2D eigenvalue weighted by atomic mass is 9.82. The van der Waals surface area contributed by atoms with Crippen LogP contribution >= 0.6 is 0 Å². The predicted octanol–water partition coefficient (Wildman–Crippen LogP) is 3.34. The zero-order chi connectivity index (χ0) is 22.2. The zero-order valence-electron chi connectivity index (χ0n) is 18.6. The van der Waals surface area contributed by atoms with Crippen molar-refractivity contribution in [1.82, 2.24) is 19.9 Å². The van der Waals surface area contributed by atoms with Gasteiger partial charge in [0.1, 0.15) is 5.75 Å². The van der Waals surface area contributed by atoms with Gasteiger partial charge in [0.25, 0.3) is 0 Å². The Kier molecular flexibility index (Phi) is 7.65. The molecular formula is C26H30N4O2. The van der Waals surface area contributed by atoms with Crippen LogP contribution in [0.5, 0.6) is 5.75 Å². The fourth-order valence-electron chi connectivity index (χ4n) is 4.56. The van der Waals surface area contributed by atoms with Crippen molar-refractivity contribution < 1.29 is 9.84 Å². The topological polar surface area (TPSA) is 71.4 Å². The molecule has 0 amide bonds. The Morgan fingerprint density at radius 1 is 1.12 bits per heavy atom. The van der Waals surface area contributed by atoms with Crippen LogP contribution < -0.4 is 4.74 Å². The summed E-state index contributed by atoms with van der Waals surface area (Å²) in [6, 6.07) is 9.95. The molecule has 6 heteroatoms. The number of methoxy groups -OCH3 is 1. The summed E-state index contributed by atoms with van der Waals surface area (Å²) in [5, 5.41) is 11.2. The van der Waals surface area contributed by atoms with Gasteiger partial charge in [-0.05, 0) is 85.9 Å². The van der Waals surface area contributed by atoms with E-state index in [4.69, 9.17) is 4.74 Å². The summed E-state index contributed by atoms with van der Waals surface area (Å²) in [7, 11) is 1.69. The van der Waals surface area contributed by atoms with Crippen LogP contribution in [0.15, 0.2) is 48.9 Å². The highest BCUT2D eigenvalue weighted by Gasteiger charge is 2.28. The first-order valence-electron chi connectivity index (χ1n) is 11.3. The number of aliphatic hydroxyl groups is 1. The van der Waals surface area contributed by atoms with E-state index in [1.807, 2.05) is 18.3 Å². The van der Waals surface area contributed by atoms with E-state index in [0.717, 1.165) is 50.0 Å². The second-order valence-corrected chi connectivity index (χ2v) is 8.35. The molecule has 6 nitrogen and oxygen atoms in total. The Hall–Kier alpha value is -3.01. The normalized spacial score (nSPS) is 18.8. The van der Waals surface area contributed by atoms with Crippen LogP contribution in [-0.2, 0) is 6.42 Å². The maximum atomic E-state index is 9.99. The molecule has 1 aliphatic rings. The van der Waals surface area contributed by atoms with Crippen LogP contribution in [0.4, 0.5) is 0 Å². The van der Waals surface area contributed by atoms with E-state index in [9.17, 15) is 5.11 Å². The highest BCUT2D eigenvalue weighted by Crippen LogP contribution is 2.29. The summed E-state index contributed by atoms with van der Waals surface area (Å²) in [6.45, 7) is 2.82. The Labute approximate surface area is 189 Å². The molecule has 3 heterocycles. The van der Waals surface area contributed by atoms with Gasteiger partial charge in [-0.1, -0.05) is 5.92 Å². The first-order chi connectivity index (χ1) is 15.8. The molecule has 3 aromatic rings. The predicted molar refractivity (Wildman–Crippen MR) is 125 cm³/mol. The monoisotopic (exact) mass is 430 g/mol. The summed E-state index contributed by atoms with van der Waals surface area (Å²) in [5.74, 6) is 8.46. The molecule has 1 aliphatic heterocycles. The van der Waals surface area contributed by atoms with Gasteiger partial charge < -0.3 is 9.84 Å². The number of likely N-dealkylation sites (tertiary alicyclic amines) is 1. The van der Waals surface area contributed by atoms with Crippen molar-refractivity contribution in [2.75, 3.05) is 33.4 Å². The van der Waals surface area contributed by atoms with Crippen molar-refractivity contribution in [3.05, 3.63) is 60.3 Å². The molecule has 1 fully saturated rings. The molecule has 166 valence electrons. The third kappa shape index (κ3) is 5.61. The third-order valence-corrected chi connectivity index (χ3v) is 6.34. The molecule has 0 bridgehead atoms. The first kappa shape index (κ1) is 22.2. The Morgan fingerprint density at radius 2 is 2.00 bits per heavy atom. The third-order valence-electron chi connectivity index (χ3n) is 6.34. The van der Waals surface area contributed by atoms with Gasteiger partial charge in [-0.3, -0.25) is 9.88 Å². The fraction of sp³-hybridized carbons (Fsp3) is 0.423. The molecule has 0 saturated carbocycles. The van der Waals surface area contributed by atoms with E-state index in [2.05, 4.69) is 43.8 Å². The largest absolute Gasteiger partial charge is 0.497 e. The number of ether oxygens (including phenoxy) is 1. The molecule has 2 atom stereocenters. The zero-order valence-corrected chi connectivity index (χ0v) is 18.6. The molecule has 1 N–H and O–H groups in total. The van der Waals surface area contributed by atoms with Crippen molar-refractivity contribution in [3.8, 4) is 17.6 Å². The van der Waals surface area contributed by atoms with Gasteiger partial charge in [0.15, 0.2) is 0 Å². The average Bonchev–Trinajstić information content (AvgIpc) is 2.85. The summed E-state index contributed by atoms with van der Waals surface area (Å²) in [5.41, 5.74) is 2.32. The second kappa shape index (κ2) is 11.0. The standard InChI is InChI=1S/C26H30N4O2/c1-32-23-8-9-25-24(17-23)21(10-14-27-25)6-2-5-20-11-16-30(18-22(20)19-31)15-3-7-26-28-12-4-13-29-26/h4,8-10,12-14,17,20,22,31H,2,5-6,11,15-16,18-19H2,1H3/t20-,22-/m1/s1. The molecule has 1 saturated heterocycles. The van der Waals surface area contributed by atoms with Gasteiger partial charge in [-0.15, -0.1) is 0 Å². The fourth-order valence-corrected chi connectivity index (χ4v) is 4.56. The van der Waals surface area contributed by atoms with E-state index in [-0.39, 0.29) is 6.61 Å². The SMILES string of the molecule is COc1ccc2nccc(CCC[C@@H]3CCN(CC#Cc4ncccn4)C[C@@H]3CO)c2c1. The minimum absolute atomic E-state index is 0.228. The number of pyridine rings is 1. The molecule has 0 aliphatic carbocycles. The van der Waals surface area contributed by atoms with Crippen molar-refractivity contribution in [1.29, 1.82) is 0 Å². The van der Waals surface area contributed by atoms with Crippen molar-refractivity contribution in [3.63, 3.8) is 0 Å². The molecule has 4 rings (SSSR count). The lowest BCUT2D eigenvalue weighted by Crippen LogP contribution is -2.42. The Morgan fingerprint density at radius 3 is 2.81 bits per heavy atom. The van der Waals surface area contributed by atoms with Crippen LogP contribution in [0, 0.1) is 23.7 Å². The lowest BCUT2D eigenvalue weighted by molar-refractivity contribution is 0.0748. The summed E-state index contributed by atoms with van der Waals surface area (Å²) in [6.07, 6.45) is 9.62. The number of rotatable bonds is 7. The number of fused-ring (bicyclic) bond motifs is 1. The van der Waals surface area contributed by atoms with Crippen molar-refractivity contribution >= 4 is 10.9 Å². The molecule has 0 radical (unpaired) electrons. The van der Waals surface area contributed by atoms with E-state index in [1.165, 1.54) is 10.9 Å². The number of aryl methyl sites for hydroxylation is 1. The summed E-state index contributed by atoms with van der Waals surface area (Å²) < 4.78 is 5.39. The Balaban J connectivity index is 1.30. The minimum atomic E-state index is 0.228. The van der Waals surface area contributed by atoms with Crippen LogP contribution in [0.25, 0.3) is 10.9 Å².